The van der Waals surface area contributed by atoms with Crippen molar-refractivity contribution in [3.8, 4) is 5.75 Å². The van der Waals surface area contributed by atoms with Gasteiger partial charge in [0.1, 0.15) is 5.75 Å². The molecule has 0 bridgehead atoms. The molecule has 0 amide bonds. The Morgan fingerprint density at radius 1 is 1.36 bits per heavy atom. The largest absolute Gasteiger partial charge is 0.496 e. The van der Waals surface area contributed by atoms with E-state index in [0.29, 0.717) is 0 Å². The van der Waals surface area contributed by atoms with Gasteiger partial charge in [-0.05, 0) is 18.1 Å². The Labute approximate surface area is 88.6 Å². The smallest absolute Gasteiger partial charge is 0.132 e. The van der Waals surface area contributed by atoms with Crippen molar-refractivity contribution in [2.24, 2.45) is 0 Å². The van der Waals surface area contributed by atoms with E-state index in [-0.39, 0.29) is 6.10 Å². The monoisotopic (exact) mass is 210 g/mol. The second-order valence-corrected chi connectivity index (χ2v) is 4.35. The first-order valence-electron chi connectivity index (χ1n) is 4.69. The summed E-state index contributed by atoms with van der Waals surface area (Å²) in [4.78, 5) is 1.24. The molecule has 0 aliphatic carbocycles. The fraction of sp³-hybridized carbons (Fsp3) is 0.455. The Hall–Kier alpha value is -0.670. The van der Waals surface area contributed by atoms with E-state index in [1.165, 1.54) is 10.5 Å². The van der Waals surface area contributed by atoms with Crippen LogP contribution in [0.5, 0.6) is 5.75 Å². The van der Waals surface area contributed by atoms with E-state index < -0.39 is 0 Å². The van der Waals surface area contributed by atoms with E-state index in [2.05, 4.69) is 6.07 Å². The number of hydrogen-bond acceptors (Lipinski definition) is 3. The number of rotatable bonds is 2. The van der Waals surface area contributed by atoms with Gasteiger partial charge < -0.3 is 9.47 Å². The highest BCUT2D eigenvalue weighted by molar-refractivity contribution is 7.99. The predicted octanol–water partition coefficient (Wildman–Crippen LogP) is 2.88. The normalized spacial score (nSPS) is 20.3. The molecule has 1 aromatic carbocycles. The first kappa shape index (κ1) is 9.87. The molecular weight excluding hydrogens is 196 g/mol. The molecule has 0 saturated heterocycles. The molecule has 1 unspecified atom stereocenters. The van der Waals surface area contributed by atoms with Gasteiger partial charge in [0.2, 0.25) is 0 Å². The van der Waals surface area contributed by atoms with Crippen LogP contribution in [-0.4, -0.2) is 20.0 Å². The summed E-state index contributed by atoms with van der Waals surface area (Å²) in [5.41, 5.74) is 1.27. The molecule has 2 rings (SSSR count). The van der Waals surface area contributed by atoms with E-state index in [4.69, 9.17) is 9.47 Å². The molecule has 0 N–H and O–H groups in total. The summed E-state index contributed by atoms with van der Waals surface area (Å²) >= 11 is 1.85. The molecule has 1 aromatic rings. The molecule has 0 radical (unpaired) electrons. The summed E-state index contributed by atoms with van der Waals surface area (Å²) in [5, 5.41) is 0. The van der Waals surface area contributed by atoms with Crippen molar-refractivity contribution in [2.75, 3.05) is 20.0 Å². The summed E-state index contributed by atoms with van der Waals surface area (Å²) in [5.74, 6) is 2.07. The third-order valence-electron chi connectivity index (χ3n) is 2.49. The average Bonchev–Trinajstić information content (AvgIpc) is 2.27. The summed E-state index contributed by atoms with van der Waals surface area (Å²) in [7, 11) is 3.48. The maximum absolute atomic E-state index is 5.45. The molecule has 0 aromatic heterocycles. The minimum absolute atomic E-state index is 0.237. The van der Waals surface area contributed by atoms with Gasteiger partial charge in [0, 0.05) is 12.9 Å². The van der Waals surface area contributed by atoms with Crippen molar-refractivity contribution in [1.29, 1.82) is 0 Å². The number of thioether (sulfide) groups is 1. The second kappa shape index (κ2) is 4.24. The number of benzene rings is 1. The molecule has 1 heterocycles. The highest BCUT2D eigenvalue weighted by Crippen LogP contribution is 2.42. The minimum Gasteiger partial charge on any atom is -0.496 e. The third kappa shape index (κ3) is 1.62. The Balaban J connectivity index is 2.43. The molecule has 0 saturated carbocycles. The standard InChI is InChI=1S/C11H14O2S/c1-12-9-6-7-14-11-8(9)4-3-5-10(11)13-2/h3-5,9H,6-7H2,1-2H3. The van der Waals surface area contributed by atoms with Crippen LogP contribution in [0.15, 0.2) is 23.1 Å². The Morgan fingerprint density at radius 2 is 2.21 bits per heavy atom. The highest BCUT2D eigenvalue weighted by Gasteiger charge is 2.22. The van der Waals surface area contributed by atoms with E-state index in [9.17, 15) is 0 Å². The number of fused-ring (bicyclic) bond motifs is 1. The predicted molar refractivity (Wildman–Crippen MR) is 58.1 cm³/mol. The van der Waals surface area contributed by atoms with Crippen LogP contribution in [-0.2, 0) is 4.74 Å². The fourth-order valence-electron chi connectivity index (χ4n) is 1.77. The summed E-state index contributed by atoms with van der Waals surface area (Å²) in [6.07, 6.45) is 1.32. The van der Waals surface area contributed by atoms with Crippen LogP contribution in [0.25, 0.3) is 0 Å². The summed E-state index contributed by atoms with van der Waals surface area (Å²) in [6, 6.07) is 6.15. The first-order valence-corrected chi connectivity index (χ1v) is 5.68. The SMILES string of the molecule is COc1cccc2c1SCCC2OC. The zero-order valence-corrected chi connectivity index (χ0v) is 9.26. The zero-order chi connectivity index (χ0) is 9.97. The van der Waals surface area contributed by atoms with Crippen molar-refractivity contribution in [2.45, 2.75) is 17.4 Å². The first-order chi connectivity index (χ1) is 6.86. The molecular formula is C11H14O2S. The number of hydrogen-bond donors (Lipinski definition) is 0. The summed E-state index contributed by atoms with van der Waals surface area (Å²) in [6.45, 7) is 0. The van der Waals surface area contributed by atoms with Crippen LogP contribution in [0.1, 0.15) is 18.1 Å². The van der Waals surface area contributed by atoms with Crippen molar-refractivity contribution in [1.82, 2.24) is 0 Å². The van der Waals surface area contributed by atoms with E-state index in [1.807, 2.05) is 23.9 Å². The zero-order valence-electron chi connectivity index (χ0n) is 8.45. The van der Waals surface area contributed by atoms with Gasteiger partial charge in [0.15, 0.2) is 0 Å². The van der Waals surface area contributed by atoms with Crippen LogP contribution in [0.3, 0.4) is 0 Å². The molecule has 0 spiro atoms. The van der Waals surface area contributed by atoms with Gasteiger partial charge in [-0.25, -0.2) is 0 Å². The lowest BCUT2D eigenvalue weighted by atomic mass is 10.1. The molecule has 1 aliphatic heterocycles. The van der Waals surface area contributed by atoms with Crippen LogP contribution in [0.4, 0.5) is 0 Å². The van der Waals surface area contributed by atoms with Gasteiger partial charge in [0.25, 0.3) is 0 Å². The Kier molecular flexibility index (Phi) is 2.99. The van der Waals surface area contributed by atoms with Crippen LogP contribution >= 0.6 is 11.8 Å². The lowest BCUT2D eigenvalue weighted by Gasteiger charge is -2.24. The van der Waals surface area contributed by atoms with Gasteiger partial charge >= 0.3 is 0 Å². The minimum atomic E-state index is 0.237. The van der Waals surface area contributed by atoms with Gasteiger partial charge in [0.05, 0.1) is 18.1 Å². The maximum Gasteiger partial charge on any atom is 0.132 e. The van der Waals surface area contributed by atoms with E-state index in [1.54, 1.807) is 14.2 Å². The fourth-order valence-corrected chi connectivity index (χ4v) is 2.97. The van der Waals surface area contributed by atoms with Crippen molar-refractivity contribution in [3.63, 3.8) is 0 Å². The Bertz CT molecular complexity index is 325. The van der Waals surface area contributed by atoms with Gasteiger partial charge in [-0.15, -0.1) is 11.8 Å². The van der Waals surface area contributed by atoms with Crippen molar-refractivity contribution in [3.05, 3.63) is 23.8 Å². The van der Waals surface area contributed by atoms with Crippen LogP contribution in [0.2, 0.25) is 0 Å². The molecule has 2 nitrogen and oxygen atoms in total. The van der Waals surface area contributed by atoms with Gasteiger partial charge in [-0.1, -0.05) is 12.1 Å². The molecule has 14 heavy (non-hydrogen) atoms. The molecule has 76 valence electrons. The molecule has 1 aliphatic rings. The molecule has 3 heteroatoms. The lowest BCUT2D eigenvalue weighted by Crippen LogP contribution is -2.09. The average molecular weight is 210 g/mol. The molecule has 0 fully saturated rings. The summed E-state index contributed by atoms with van der Waals surface area (Å²) < 4.78 is 10.8. The van der Waals surface area contributed by atoms with E-state index in [0.717, 1.165) is 17.9 Å². The van der Waals surface area contributed by atoms with Gasteiger partial charge in [-0.3, -0.25) is 0 Å². The molecule has 1 atom stereocenters. The van der Waals surface area contributed by atoms with E-state index >= 15 is 0 Å². The lowest BCUT2D eigenvalue weighted by molar-refractivity contribution is 0.0969. The topological polar surface area (TPSA) is 18.5 Å². The van der Waals surface area contributed by atoms with Gasteiger partial charge in [-0.2, -0.15) is 0 Å². The number of ether oxygens (including phenoxy) is 2. The Morgan fingerprint density at radius 3 is 2.93 bits per heavy atom. The third-order valence-corrected chi connectivity index (χ3v) is 3.65. The number of methoxy groups -OCH3 is 2. The van der Waals surface area contributed by atoms with Crippen LogP contribution < -0.4 is 4.74 Å². The van der Waals surface area contributed by atoms with Crippen molar-refractivity contribution >= 4 is 11.8 Å². The maximum atomic E-state index is 5.45. The second-order valence-electron chi connectivity index (χ2n) is 3.24. The van der Waals surface area contributed by atoms with Crippen molar-refractivity contribution < 1.29 is 9.47 Å². The highest BCUT2D eigenvalue weighted by atomic mass is 32.2. The quantitative estimate of drug-likeness (QED) is 0.747. The van der Waals surface area contributed by atoms with Crippen LogP contribution in [0, 0.1) is 0 Å².